The molecule has 0 radical (unpaired) electrons. The first kappa shape index (κ1) is 50.9. The van der Waals surface area contributed by atoms with Gasteiger partial charge in [0, 0.05) is 12.8 Å². The van der Waals surface area contributed by atoms with E-state index in [1.807, 2.05) is 0 Å². The van der Waals surface area contributed by atoms with Gasteiger partial charge in [-0.15, -0.1) is 0 Å². The molecule has 0 aromatic rings. The summed E-state index contributed by atoms with van der Waals surface area (Å²) >= 11 is 0. The Morgan fingerprint density at radius 2 is 0.577 bits per heavy atom. The predicted molar refractivity (Wildman–Crippen MR) is 227 cm³/mol. The van der Waals surface area contributed by atoms with Gasteiger partial charge in [-0.25, -0.2) is 0 Å². The van der Waals surface area contributed by atoms with E-state index in [0.717, 1.165) is 32.1 Å². The molecule has 0 saturated carbocycles. The molecular weight excluding hydrogens is 641 g/mol. The van der Waals surface area contributed by atoms with Crippen molar-refractivity contribution in [2.75, 3.05) is 0 Å². The maximum atomic E-state index is 12.8. The number of hydrogen-bond acceptors (Lipinski definition) is 3. The van der Waals surface area contributed by atoms with Gasteiger partial charge in [0.25, 0.3) is 0 Å². The summed E-state index contributed by atoms with van der Waals surface area (Å²) in [5.41, 5.74) is 0. The minimum atomic E-state index is -0.668. The molecule has 0 spiro atoms. The molecule has 0 aromatic heterocycles. The van der Waals surface area contributed by atoms with Crippen LogP contribution in [0.15, 0.2) is 0 Å². The van der Waals surface area contributed by atoms with Crippen LogP contribution in [0.3, 0.4) is 0 Å². The van der Waals surface area contributed by atoms with Gasteiger partial charge in [0.15, 0.2) is 0 Å². The number of aliphatic carboxylic acids is 1. The Balaban J connectivity index is 3.82. The van der Waals surface area contributed by atoms with E-state index in [1.54, 1.807) is 0 Å². The molecule has 1 unspecified atom stereocenters. The third-order valence-corrected chi connectivity index (χ3v) is 11.3. The summed E-state index contributed by atoms with van der Waals surface area (Å²) in [5.74, 6) is -0.618. The maximum absolute atomic E-state index is 12.8. The van der Waals surface area contributed by atoms with E-state index in [9.17, 15) is 9.59 Å². The molecule has 310 valence electrons. The normalized spacial score (nSPS) is 12.0. The van der Waals surface area contributed by atoms with E-state index in [0.29, 0.717) is 12.8 Å². The van der Waals surface area contributed by atoms with Crippen molar-refractivity contribution in [1.29, 1.82) is 0 Å². The lowest BCUT2D eigenvalue weighted by molar-refractivity contribution is -0.150. The maximum Gasteiger partial charge on any atom is 0.306 e. The second-order valence-corrected chi connectivity index (χ2v) is 16.7. The van der Waals surface area contributed by atoms with Crippen LogP contribution in [0.5, 0.6) is 0 Å². The van der Waals surface area contributed by atoms with Crippen LogP contribution in [0.1, 0.15) is 290 Å². The number of esters is 1. The number of rotatable bonds is 45. The van der Waals surface area contributed by atoms with Gasteiger partial charge in [-0.05, 0) is 38.5 Å². The molecule has 0 saturated heterocycles. The quantitative estimate of drug-likeness (QED) is 0.0500. The molecule has 0 aliphatic rings. The first-order valence-electron chi connectivity index (χ1n) is 24.0. The lowest BCUT2D eigenvalue weighted by atomic mass is 10.0. The van der Waals surface area contributed by atoms with Gasteiger partial charge >= 0.3 is 11.9 Å². The molecule has 0 bridgehead atoms. The Bertz CT molecular complexity index is 706. The van der Waals surface area contributed by atoms with E-state index in [-0.39, 0.29) is 12.1 Å². The van der Waals surface area contributed by atoms with Crippen LogP contribution in [0.25, 0.3) is 0 Å². The van der Waals surface area contributed by atoms with Crippen LogP contribution in [0, 0.1) is 0 Å². The summed E-state index contributed by atoms with van der Waals surface area (Å²) in [6, 6.07) is 0. The number of carboxylic acid groups (broad SMARTS) is 1. The molecule has 1 atom stereocenters. The Morgan fingerprint density at radius 3 is 0.846 bits per heavy atom. The summed E-state index contributed by atoms with van der Waals surface area (Å²) in [6.45, 7) is 4.57. The average molecular weight is 735 g/mol. The van der Waals surface area contributed by atoms with Crippen LogP contribution < -0.4 is 0 Å². The van der Waals surface area contributed by atoms with Crippen molar-refractivity contribution in [2.24, 2.45) is 0 Å². The predicted octanol–water partition coefficient (Wildman–Crippen LogP) is 16.8. The first-order valence-corrected chi connectivity index (χ1v) is 24.0. The topological polar surface area (TPSA) is 63.6 Å². The number of carbonyl (C=O) groups excluding carboxylic acids is 1. The number of carbonyl (C=O) groups is 2. The summed E-state index contributed by atoms with van der Waals surface area (Å²) in [4.78, 5) is 23.4. The third kappa shape index (κ3) is 43.3. The van der Waals surface area contributed by atoms with Gasteiger partial charge in [-0.3, -0.25) is 9.59 Å². The molecule has 0 heterocycles. The van der Waals surface area contributed by atoms with Crippen LogP contribution in [-0.2, 0) is 14.3 Å². The number of ether oxygens (including phenoxy) is 1. The molecule has 52 heavy (non-hydrogen) atoms. The van der Waals surface area contributed by atoms with Crippen molar-refractivity contribution >= 4 is 11.9 Å². The highest BCUT2D eigenvalue weighted by Crippen LogP contribution is 2.20. The van der Waals surface area contributed by atoms with Gasteiger partial charge in [0.05, 0.1) is 0 Å². The highest BCUT2D eigenvalue weighted by atomic mass is 16.5. The van der Waals surface area contributed by atoms with E-state index >= 15 is 0 Å². The zero-order valence-electron chi connectivity index (χ0n) is 35.7. The van der Waals surface area contributed by atoms with E-state index in [2.05, 4.69) is 13.8 Å². The fourth-order valence-electron chi connectivity index (χ4n) is 7.78. The fourth-order valence-corrected chi connectivity index (χ4v) is 7.78. The summed E-state index contributed by atoms with van der Waals surface area (Å²) in [7, 11) is 0. The Labute approximate surface area is 326 Å². The molecule has 0 amide bonds. The molecule has 4 nitrogen and oxygen atoms in total. The average Bonchev–Trinajstić information content (AvgIpc) is 3.13. The lowest BCUT2D eigenvalue weighted by Crippen LogP contribution is -2.18. The zero-order valence-corrected chi connectivity index (χ0v) is 35.7. The number of carboxylic acids is 1. The molecule has 0 aromatic carbocycles. The summed E-state index contributed by atoms with van der Waals surface area (Å²) in [6.07, 6.45) is 54.5. The molecule has 0 fully saturated rings. The minimum absolute atomic E-state index is 0.0497. The van der Waals surface area contributed by atoms with Crippen molar-refractivity contribution in [2.45, 2.75) is 296 Å². The SMILES string of the molecule is CCCCCCCCCCCCCCCCCCCCCCCC(=O)OC(CCCCCCCCC)CCCCCCCCCCCCCC(=O)O. The first-order chi connectivity index (χ1) is 25.6. The minimum Gasteiger partial charge on any atom is -0.481 e. The number of hydrogen-bond donors (Lipinski definition) is 1. The Morgan fingerprint density at radius 1 is 0.346 bits per heavy atom. The van der Waals surface area contributed by atoms with Gasteiger partial charge in [-0.2, -0.15) is 0 Å². The Hall–Kier alpha value is -1.06. The fraction of sp³-hybridized carbons (Fsp3) is 0.958. The van der Waals surface area contributed by atoms with Crippen LogP contribution in [-0.4, -0.2) is 23.1 Å². The largest absolute Gasteiger partial charge is 0.481 e. The van der Waals surface area contributed by atoms with Crippen molar-refractivity contribution < 1.29 is 19.4 Å². The molecular formula is C48H94O4. The number of unbranched alkanes of at least 4 members (excludes halogenated alkanes) is 36. The molecule has 0 aliphatic heterocycles. The van der Waals surface area contributed by atoms with E-state index in [4.69, 9.17) is 9.84 Å². The van der Waals surface area contributed by atoms with Crippen LogP contribution >= 0.6 is 0 Å². The van der Waals surface area contributed by atoms with Crippen molar-refractivity contribution in [1.82, 2.24) is 0 Å². The molecule has 0 rings (SSSR count). The second-order valence-electron chi connectivity index (χ2n) is 16.7. The van der Waals surface area contributed by atoms with Crippen LogP contribution in [0.2, 0.25) is 0 Å². The highest BCUT2D eigenvalue weighted by molar-refractivity contribution is 5.69. The van der Waals surface area contributed by atoms with Crippen molar-refractivity contribution in [3.63, 3.8) is 0 Å². The third-order valence-electron chi connectivity index (χ3n) is 11.3. The van der Waals surface area contributed by atoms with Gasteiger partial charge in [0.1, 0.15) is 6.10 Å². The van der Waals surface area contributed by atoms with Crippen molar-refractivity contribution in [3.8, 4) is 0 Å². The molecule has 0 aliphatic carbocycles. The second kappa shape index (κ2) is 44.3. The monoisotopic (exact) mass is 735 g/mol. The molecule has 1 N–H and O–H groups in total. The smallest absolute Gasteiger partial charge is 0.306 e. The highest BCUT2D eigenvalue weighted by Gasteiger charge is 2.14. The van der Waals surface area contributed by atoms with Crippen LogP contribution in [0.4, 0.5) is 0 Å². The lowest BCUT2D eigenvalue weighted by Gasteiger charge is -2.18. The summed E-state index contributed by atoms with van der Waals surface area (Å²) in [5, 5.41) is 8.73. The van der Waals surface area contributed by atoms with Gasteiger partial charge in [0.2, 0.25) is 0 Å². The van der Waals surface area contributed by atoms with Gasteiger partial charge in [-0.1, -0.05) is 239 Å². The molecule has 4 heteroatoms. The van der Waals surface area contributed by atoms with E-state index < -0.39 is 5.97 Å². The van der Waals surface area contributed by atoms with E-state index in [1.165, 1.54) is 231 Å². The summed E-state index contributed by atoms with van der Waals surface area (Å²) < 4.78 is 6.08. The standard InChI is InChI=1S/C48H94O4/c1-3-5-7-9-11-12-13-14-15-16-17-18-19-20-21-22-26-29-33-37-41-45-48(51)52-46(42-38-34-30-10-8-6-4-2)43-39-35-31-27-24-23-25-28-32-36-40-44-47(49)50/h46H,3-45H2,1-2H3,(H,49,50). The van der Waals surface area contributed by atoms with Gasteiger partial charge < -0.3 is 9.84 Å². The zero-order chi connectivity index (χ0) is 37.8. The Kier molecular flexibility index (Phi) is 43.4. The van der Waals surface area contributed by atoms with Crippen molar-refractivity contribution in [3.05, 3.63) is 0 Å².